The predicted octanol–water partition coefficient (Wildman–Crippen LogP) is 3.15. The van der Waals surface area contributed by atoms with Crippen molar-refractivity contribution in [2.24, 2.45) is 5.92 Å². The monoisotopic (exact) mass is 377 g/mol. The van der Waals surface area contributed by atoms with E-state index >= 15 is 0 Å². The number of nitrogens with zero attached hydrogens (tertiary/aromatic N) is 1. The van der Waals surface area contributed by atoms with Gasteiger partial charge in [-0.25, -0.2) is 9.18 Å². The summed E-state index contributed by atoms with van der Waals surface area (Å²) in [5, 5.41) is 5.69. The number of rotatable bonds is 6. The summed E-state index contributed by atoms with van der Waals surface area (Å²) in [7, 11) is 0. The first kappa shape index (κ1) is 19.6. The number of likely N-dealkylation sites (tertiary alicyclic amines) is 1. The molecule has 0 aromatic heterocycles. The second kappa shape index (κ2) is 9.69. The number of amides is 3. The summed E-state index contributed by atoms with van der Waals surface area (Å²) in [4.78, 5) is 26.2. The second-order valence-corrected chi connectivity index (χ2v) is 7.37. The van der Waals surface area contributed by atoms with E-state index in [1.165, 1.54) is 12.1 Å². The average Bonchev–Trinajstić information content (AvgIpc) is 3.18. The maximum atomic E-state index is 13.2. The Morgan fingerprint density at radius 3 is 2.93 bits per heavy atom. The van der Waals surface area contributed by atoms with Crippen LogP contribution < -0.4 is 10.6 Å². The molecule has 3 rings (SSSR count). The van der Waals surface area contributed by atoms with Crippen LogP contribution in [0.15, 0.2) is 24.3 Å². The number of urea groups is 1. The molecular formula is C20H28FN3O3. The first-order chi connectivity index (χ1) is 13.1. The smallest absolute Gasteiger partial charge is 0.321 e. The number of halogens is 1. The van der Waals surface area contributed by atoms with Crippen LogP contribution in [0.1, 0.15) is 38.5 Å². The highest BCUT2D eigenvalue weighted by molar-refractivity contribution is 5.89. The summed E-state index contributed by atoms with van der Waals surface area (Å²) < 4.78 is 18.8. The molecule has 2 aliphatic rings. The Hall–Kier alpha value is -2.15. The molecule has 148 valence electrons. The quantitative estimate of drug-likeness (QED) is 0.800. The van der Waals surface area contributed by atoms with E-state index in [2.05, 4.69) is 10.6 Å². The van der Waals surface area contributed by atoms with E-state index < -0.39 is 0 Å². The van der Waals surface area contributed by atoms with E-state index in [9.17, 15) is 14.0 Å². The van der Waals surface area contributed by atoms with Crippen molar-refractivity contribution in [2.75, 3.05) is 31.6 Å². The molecule has 0 saturated carbocycles. The third-order valence-corrected chi connectivity index (χ3v) is 5.21. The molecule has 0 aliphatic carbocycles. The minimum Gasteiger partial charge on any atom is -0.376 e. The maximum Gasteiger partial charge on any atom is 0.321 e. The second-order valence-electron chi connectivity index (χ2n) is 7.37. The molecule has 6 nitrogen and oxygen atoms in total. The lowest BCUT2D eigenvalue weighted by atomic mass is 9.93. The standard InChI is InChI=1S/C20H28FN3O3/c21-16-5-1-6-17(12-16)23-20(26)24-10-2-4-15(14-24)8-9-19(25)22-13-18-7-3-11-27-18/h1,5-6,12,15,18H,2-4,7-11,13-14H2,(H,22,25)(H,23,26)/t15-,18+/m0/s1. The van der Waals surface area contributed by atoms with E-state index in [4.69, 9.17) is 4.74 Å². The molecule has 1 aromatic rings. The number of benzene rings is 1. The molecule has 2 fully saturated rings. The molecule has 2 saturated heterocycles. The molecule has 2 aliphatic heterocycles. The zero-order valence-electron chi connectivity index (χ0n) is 15.6. The van der Waals surface area contributed by atoms with Crippen molar-refractivity contribution in [2.45, 2.75) is 44.6 Å². The van der Waals surface area contributed by atoms with Crippen LogP contribution in [0.4, 0.5) is 14.9 Å². The van der Waals surface area contributed by atoms with Crippen molar-refractivity contribution in [1.29, 1.82) is 0 Å². The Morgan fingerprint density at radius 1 is 1.26 bits per heavy atom. The van der Waals surface area contributed by atoms with Gasteiger partial charge in [-0.3, -0.25) is 4.79 Å². The molecular weight excluding hydrogens is 349 g/mol. The van der Waals surface area contributed by atoms with Gasteiger partial charge < -0.3 is 20.3 Å². The molecule has 0 spiro atoms. The SMILES string of the molecule is O=C(CC[C@@H]1CCCN(C(=O)Nc2cccc(F)c2)C1)NC[C@H]1CCCO1. The Morgan fingerprint density at radius 2 is 2.15 bits per heavy atom. The number of ether oxygens (including phenoxy) is 1. The van der Waals surface area contributed by atoms with E-state index in [0.717, 1.165) is 38.7 Å². The number of hydrogen-bond acceptors (Lipinski definition) is 3. The molecule has 2 heterocycles. The normalized spacial score (nSPS) is 22.5. The predicted molar refractivity (Wildman–Crippen MR) is 101 cm³/mol. The third kappa shape index (κ3) is 6.20. The first-order valence-electron chi connectivity index (χ1n) is 9.80. The Kier molecular flexibility index (Phi) is 7.04. The molecule has 2 N–H and O–H groups in total. The molecule has 27 heavy (non-hydrogen) atoms. The van der Waals surface area contributed by atoms with Crippen molar-refractivity contribution in [1.82, 2.24) is 10.2 Å². The van der Waals surface area contributed by atoms with Crippen molar-refractivity contribution in [3.8, 4) is 0 Å². The highest BCUT2D eigenvalue weighted by Crippen LogP contribution is 2.22. The largest absolute Gasteiger partial charge is 0.376 e. The third-order valence-electron chi connectivity index (χ3n) is 5.21. The molecule has 0 bridgehead atoms. The topological polar surface area (TPSA) is 70.7 Å². The number of carbonyl (C=O) groups is 2. The summed E-state index contributed by atoms with van der Waals surface area (Å²) in [6, 6.07) is 5.67. The van der Waals surface area contributed by atoms with E-state index in [1.807, 2.05) is 0 Å². The van der Waals surface area contributed by atoms with Crippen molar-refractivity contribution in [3.05, 3.63) is 30.1 Å². The van der Waals surface area contributed by atoms with Crippen LogP contribution in [-0.4, -0.2) is 49.2 Å². The van der Waals surface area contributed by atoms with Gasteiger partial charge in [-0.1, -0.05) is 6.07 Å². The van der Waals surface area contributed by atoms with Crippen LogP contribution in [0.3, 0.4) is 0 Å². The lowest BCUT2D eigenvalue weighted by Gasteiger charge is -2.32. The molecule has 0 unspecified atom stereocenters. The van der Waals surface area contributed by atoms with Crippen LogP contribution in [0, 0.1) is 11.7 Å². The van der Waals surface area contributed by atoms with Gasteiger partial charge in [0.05, 0.1) is 6.10 Å². The number of anilines is 1. The van der Waals surface area contributed by atoms with Crippen LogP contribution in [0.5, 0.6) is 0 Å². The number of nitrogens with one attached hydrogen (secondary N) is 2. The maximum absolute atomic E-state index is 13.2. The average molecular weight is 377 g/mol. The number of piperidine rings is 1. The fraction of sp³-hybridized carbons (Fsp3) is 0.600. The molecule has 1 aromatic carbocycles. The Bertz CT molecular complexity index is 649. The van der Waals surface area contributed by atoms with E-state index in [-0.39, 0.29) is 23.9 Å². The van der Waals surface area contributed by atoms with Crippen molar-refractivity contribution >= 4 is 17.6 Å². The lowest BCUT2D eigenvalue weighted by Crippen LogP contribution is -2.42. The van der Waals surface area contributed by atoms with Gasteiger partial charge in [0.25, 0.3) is 0 Å². The van der Waals surface area contributed by atoms with Gasteiger partial charge in [0.2, 0.25) is 5.91 Å². The molecule has 2 atom stereocenters. The van der Waals surface area contributed by atoms with Gasteiger partial charge in [0.1, 0.15) is 5.82 Å². The van der Waals surface area contributed by atoms with Gasteiger partial charge in [-0.05, 0) is 56.2 Å². The van der Waals surface area contributed by atoms with Gasteiger partial charge in [-0.15, -0.1) is 0 Å². The molecule has 0 radical (unpaired) electrons. The fourth-order valence-corrected chi connectivity index (χ4v) is 3.71. The van der Waals surface area contributed by atoms with Crippen LogP contribution in [0.25, 0.3) is 0 Å². The van der Waals surface area contributed by atoms with E-state index in [0.29, 0.717) is 37.7 Å². The van der Waals surface area contributed by atoms with Gasteiger partial charge in [0, 0.05) is 38.3 Å². The zero-order valence-corrected chi connectivity index (χ0v) is 15.6. The minimum absolute atomic E-state index is 0.0480. The first-order valence-corrected chi connectivity index (χ1v) is 9.80. The van der Waals surface area contributed by atoms with Crippen LogP contribution >= 0.6 is 0 Å². The van der Waals surface area contributed by atoms with Crippen LogP contribution in [0.2, 0.25) is 0 Å². The Balaban J connectivity index is 1.39. The summed E-state index contributed by atoms with van der Waals surface area (Å²) in [5.41, 5.74) is 0.454. The van der Waals surface area contributed by atoms with Crippen molar-refractivity contribution in [3.63, 3.8) is 0 Å². The van der Waals surface area contributed by atoms with Gasteiger partial charge in [-0.2, -0.15) is 0 Å². The summed E-state index contributed by atoms with van der Waals surface area (Å²) in [6.45, 7) is 2.69. The summed E-state index contributed by atoms with van der Waals surface area (Å²) in [5.74, 6) is -0.0179. The Labute approximate surface area is 159 Å². The summed E-state index contributed by atoms with van der Waals surface area (Å²) in [6.07, 6.45) is 5.40. The van der Waals surface area contributed by atoms with Crippen molar-refractivity contribution < 1.29 is 18.7 Å². The molecule has 7 heteroatoms. The fourth-order valence-electron chi connectivity index (χ4n) is 3.71. The van der Waals surface area contributed by atoms with E-state index in [1.54, 1.807) is 17.0 Å². The minimum atomic E-state index is -0.377. The highest BCUT2D eigenvalue weighted by Gasteiger charge is 2.24. The van der Waals surface area contributed by atoms with Gasteiger partial charge >= 0.3 is 6.03 Å². The number of carbonyl (C=O) groups excluding carboxylic acids is 2. The highest BCUT2D eigenvalue weighted by atomic mass is 19.1. The molecule has 3 amide bonds. The van der Waals surface area contributed by atoms with Crippen LogP contribution in [-0.2, 0) is 9.53 Å². The van der Waals surface area contributed by atoms with Gasteiger partial charge in [0.15, 0.2) is 0 Å². The zero-order chi connectivity index (χ0) is 19.1. The summed E-state index contributed by atoms with van der Waals surface area (Å²) >= 11 is 0. The number of hydrogen-bond donors (Lipinski definition) is 2. The lowest BCUT2D eigenvalue weighted by molar-refractivity contribution is -0.121.